The van der Waals surface area contributed by atoms with Crippen molar-refractivity contribution in [2.45, 2.75) is 6.54 Å². The summed E-state index contributed by atoms with van der Waals surface area (Å²) in [6, 6.07) is 16.4. The predicted molar refractivity (Wildman–Crippen MR) is 76.9 cm³/mol. The highest BCUT2D eigenvalue weighted by Crippen LogP contribution is 2.28. The molecule has 3 heteroatoms. The number of hydrogen-bond acceptors (Lipinski definition) is 1. The smallest absolute Gasteiger partial charge is 0.0487 e. The van der Waals surface area contributed by atoms with Crippen LogP contribution in [0.5, 0.6) is 0 Å². The van der Waals surface area contributed by atoms with E-state index >= 15 is 0 Å². The Kier molecular flexibility index (Phi) is 5.49. The van der Waals surface area contributed by atoms with Gasteiger partial charge in [-0.3, -0.25) is 0 Å². The van der Waals surface area contributed by atoms with E-state index in [0.29, 0.717) is 0 Å². The number of nitrogens with one attached hydrogen (secondary N) is 1. The minimum absolute atomic E-state index is 0. The van der Waals surface area contributed by atoms with E-state index in [1.807, 2.05) is 31.3 Å². The van der Waals surface area contributed by atoms with Crippen LogP contribution in [-0.2, 0) is 6.54 Å². The molecule has 1 nitrogen and oxygen atoms in total. The first kappa shape index (κ1) is 14.0. The molecule has 0 fully saturated rings. The van der Waals surface area contributed by atoms with Crippen molar-refractivity contribution in [1.82, 2.24) is 5.32 Å². The van der Waals surface area contributed by atoms with Gasteiger partial charge in [-0.15, -0.1) is 12.4 Å². The number of rotatable bonds is 3. The highest BCUT2D eigenvalue weighted by atomic mass is 35.5. The molecule has 17 heavy (non-hydrogen) atoms. The van der Waals surface area contributed by atoms with Gasteiger partial charge in [0.2, 0.25) is 0 Å². The maximum absolute atomic E-state index is 6.27. The summed E-state index contributed by atoms with van der Waals surface area (Å²) >= 11 is 6.27. The Hall–Kier alpha value is -1.02. The average molecular weight is 268 g/mol. The Morgan fingerprint density at radius 2 is 1.76 bits per heavy atom. The van der Waals surface area contributed by atoms with Crippen molar-refractivity contribution in [2.24, 2.45) is 0 Å². The third kappa shape index (κ3) is 3.47. The van der Waals surface area contributed by atoms with E-state index in [2.05, 4.69) is 29.6 Å². The van der Waals surface area contributed by atoms with Crippen LogP contribution in [0, 0.1) is 0 Å². The van der Waals surface area contributed by atoms with Crippen molar-refractivity contribution >= 4 is 24.0 Å². The minimum atomic E-state index is 0. The van der Waals surface area contributed by atoms with Crippen LogP contribution in [0.25, 0.3) is 11.1 Å². The first-order valence-electron chi connectivity index (χ1n) is 5.29. The Balaban J connectivity index is 0.00000144. The quantitative estimate of drug-likeness (QED) is 0.881. The Morgan fingerprint density at radius 1 is 1.06 bits per heavy atom. The van der Waals surface area contributed by atoms with E-state index < -0.39 is 0 Å². The molecule has 0 radical (unpaired) electrons. The maximum atomic E-state index is 6.27. The highest BCUT2D eigenvalue weighted by molar-refractivity contribution is 6.33. The predicted octanol–water partition coefficient (Wildman–Crippen LogP) is 4.15. The van der Waals surface area contributed by atoms with Crippen LogP contribution in [0.2, 0.25) is 5.02 Å². The van der Waals surface area contributed by atoms with E-state index in [0.717, 1.165) is 22.7 Å². The molecule has 2 rings (SSSR count). The fraction of sp³-hybridized carbons (Fsp3) is 0.143. The van der Waals surface area contributed by atoms with Crippen molar-refractivity contribution in [3.05, 3.63) is 59.1 Å². The molecule has 0 unspecified atom stereocenters. The third-order valence-corrected chi connectivity index (χ3v) is 2.81. The lowest BCUT2D eigenvalue weighted by Gasteiger charge is -2.07. The molecule has 0 aromatic heterocycles. The second-order valence-corrected chi connectivity index (χ2v) is 4.12. The molecular weight excluding hydrogens is 253 g/mol. The van der Waals surface area contributed by atoms with Gasteiger partial charge in [-0.05, 0) is 24.2 Å². The van der Waals surface area contributed by atoms with Crippen LogP contribution in [-0.4, -0.2) is 7.05 Å². The van der Waals surface area contributed by atoms with E-state index in [1.54, 1.807) is 0 Å². The van der Waals surface area contributed by atoms with E-state index in [-0.39, 0.29) is 12.4 Å². The Morgan fingerprint density at radius 3 is 2.35 bits per heavy atom. The topological polar surface area (TPSA) is 12.0 Å². The van der Waals surface area contributed by atoms with Gasteiger partial charge in [0.15, 0.2) is 0 Å². The van der Waals surface area contributed by atoms with Crippen LogP contribution in [0.15, 0.2) is 48.5 Å². The van der Waals surface area contributed by atoms with Crippen LogP contribution in [0.1, 0.15) is 5.56 Å². The fourth-order valence-electron chi connectivity index (χ4n) is 1.72. The van der Waals surface area contributed by atoms with Crippen molar-refractivity contribution in [1.29, 1.82) is 0 Å². The lowest BCUT2D eigenvalue weighted by Crippen LogP contribution is -2.04. The molecule has 2 aromatic rings. The summed E-state index contributed by atoms with van der Waals surface area (Å²) in [5.41, 5.74) is 3.44. The number of hydrogen-bond donors (Lipinski definition) is 1. The fourth-order valence-corrected chi connectivity index (χ4v) is 2.04. The molecule has 0 bridgehead atoms. The monoisotopic (exact) mass is 267 g/mol. The van der Waals surface area contributed by atoms with Gasteiger partial charge in [-0.1, -0.05) is 54.1 Å². The molecule has 1 N–H and O–H groups in total. The van der Waals surface area contributed by atoms with Gasteiger partial charge in [0.25, 0.3) is 0 Å². The zero-order chi connectivity index (χ0) is 11.4. The second kappa shape index (κ2) is 6.65. The first-order chi connectivity index (χ1) is 7.81. The van der Waals surface area contributed by atoms with Gasteiger partial charge >= 0.3 is 0 Å². The molecule has 2 aromatic carbocycles. The molecule has 90 valence electrons. The molecule has 0 amide bonds. The zero-order valence-corrected chi connectivity index (χ0v) is 11.2. The molecule has 0 saturated carbocycles. The summed E-state index contributed by atoms with van der Waals surface area (Å²) in [6.07, 6.45) is 0. The number of halogens is 2. The van der Waals surface area contributed by atoms with E-state index in [9.17, 15) is 0 Å². The average Bonchev–Trinajstić information content (AvgIpc) is 2.31. The van der Waals surface area contributed by atoms with Crippen molar-refractivity contribution < 1.29 is 0 Å². The van der Waals surface area contributed by atoms with Gasteiger partial charge in [0.05, 0.1) is 0 Å². The first-order valence-corrected chi connectivity index (χ1v) is 5.67. The van der Waals surface area contributed by atoms with Gasteiger partial charge < -0.3 is 5.32 Å². The maximum Gasteiger partial charge on any atom is 0.0487 e. The van der Waals surface area contributed by atoms with Gasteiger partial charge in [-0.25, -0.2) is 0 Å². The molecular formula is C14H15Cl2N. The molecule has 0 spiro atoms. The molecule has 0 aliphatic carbocycles. The van der Waals surface area contributed by atoms with Crippen LogP contribution in [0.3, 0.4) is 0 Å². The lowest BCUT2D eigenvalue weighted by molar-refractivity contribution is 0.818. The summed E-state index contributed by atoms with van der Waals surface area (Å²) in [7, 11) is 1.93. The molecule has 0 heterocycles. The van der Waals surface area contributed by atoms with Crippen molar-refractivity contribution in [3.63, 3.8) is 0 Å². The van der Waals surface area contributed by atoms with Crippen molar-refractivity contribution in [3.8, 4) is 11.1 Å². The van der Waals surface area contributed by atoms with E-state index in [4.69, 9.17) is 11.6 Å². The van der Waals surface area contributed by atoms with Crippen molar-refractivity contribution in [2.75, 3.05) is 7.05 Å². The second-order valence-electron chi connectivity index (χ2n) is 3.71. The Bertz CT molecular complexity index is 469. The summed E-state index contributed by atoms with van der Waals surface area (Å²) in [5, 5.41) is 3.92. The van der Waals surface area contributed by atoms with Crippen LogP contribution < -0.4 is 5.32 Å². The summed E-state index contributed by atoms with van der Waals surface area (Å²) in [5.74, 6) is 0. The van der Waals surface area contributed by atoms with Gasteiger partial charge in [0.1, 0.15) is 0 Å². The van der Waals surface area contributed by atoms with Gasteiger partial charge in [-0.2, -0.15) is 0 Å². The lowest BCUT2D eigenvalue weighted by atomic mass is 10.0. The standard InChI is InChI=1S/C14H14ClN.ClH/c1-16-10-11-7-8-13(14(15)9-11)12-5-3-2-4-6-12;/h2-9,16H,10H2,1H3;1H. The molecule has 0 atom stereocenters. The Labute approximate surface area is 113 Å². The summed E-state index contributed by atoms with van der Waals surface area (Å²) in [6.45, 7) is 0.842. The van der Waals surface area contributed by atoms with Crippen LogP contribution in [0.4, 0.5) is 0 Å². The summed E-state index contributed by atoms with van der Waals surface area (Å²) in [4.78, 5) is 0. The van der Waals surface area contributed by atoms with Gasteiger partial charge in [0, 0.05) is 17.1 Å². The zero-order valence-electron chi connectivity index (χ0n) is 9.61. The largest absolute Gasteiger partial charge is 0.316 e. The normalized spacial score (nSPS) is 9.76. The molecule has 0 aliphatic rings. The molecule has 0 aliphatic heterocycles. The molecule has 0 saturated heterocycles. The number of benzene rings is 2. The minimum Gasteiger partial charge on any atom is -0.316 e. The van der Waals surface area contributed by atoms with Crippen LogP contribution >= 0.6 is 24.0 Å². The summed E-state index contributed by atoms with van der Waals surface area (Å²) < 4.78 is 0. The third-order valence-electron chi connectivity index (χ3n) is 2.50. The SMILES string of the molecule is CNCc1ccc(-c2ccccc2)c(Cl)c1.Cl. The van der Waals surface area contributed by atoms with E-state index in [1.165, 1.54) is 5.56 Å². The highest BCUT2D eigenvalue weighted by Gasteiger charge is 2.03.